The van der Waals surface area contributed by atoms with Crippen LogP contribution in [0.25, 0.3) is 0 Å². The van der Waals surface area contributed by atoms with E-state index < -0.39 is 6.03 Å². The molecule has 0 bridgehead atoms. The van der Waals surface area contributed by atoms with Crippen LogP contribution in [0.3, 0.4) is 0 Å². The number of rotatable bonds is 4. The summed E-state index contributed by atoms with van der Waals surface area (Å²) in [5, 5.41) is 8.43. The molecule has 0 aliphatic heterocycles. The van der Waals surface area contributed by atoms with Gasteiger partial charge in [0.15, 0.2) is 0 Å². The van der Waals surface area contributed by atoms with Gasteiger partial charge in [-0.2, -0.15) is 5.26 Å². The van der Waals surface area contributed by atoms with Gasteiger partial charge in [0, 0.05) is 13.1 Å². The highest BCUT2D eigenvalue weighted by molar-refractivity contribution is 5.72. The average Bonchev–Trinajstić information content (AvgIpc) is 2.25. The summed E-state index contributed by atoms with van der Waals surface area (Å²) in [6.45, 7) is 0.832. The van der Waals surface area contributed by atoms with Crippen LogP contribution in [0.2, 0.25) is 0 Å². The van der Waals surface area contributed by atoms with E-state index in [0.29, 0.717) is 19.5 Å². The van der Waals surface area contributed by atoms with Crippen molar-refractivity contribution in [1.82, 2.24) is 4.90 Å². The maximum Gasteiger partial charge on any atom is 0.315 e. The van der Waals surface area contributed by atoms with E-state index in [9.17, 15) is 4.79 Å². The molecule has 15 heavy (non-hydrogen) atoms. The zero-order valence-corrected chi connectivity index (χ0v) is 8.39. The second-order valence-electron chi connectivity index (χ2n) is 3.15. The van der Waals surface area contributed by atoms with E-state index in [-0.39, 0.29) is 0 Å². The van der Waals surface area contributed by atoms with Crippen LogP contribution in [0.15, 0.2) is 30.3 Å². The van der Waals surface area contributed by atoms with Crippen molar-refractivity contribution in [2.75, 3.05) is 6.54 Å². The van der Waals surface area contributed by atoms with E-state index in [1.54, 1.807) is 0 Å². The van der Waals surface area contributed by atoms with Gasteiger partial charge in [-0.25, -0.2) is 4.79 Å². The van der Waals surface area contributed by atoms with Crippen LogP contribution in [0, 0.1) is 11.3 Å². The molecule has 2 N–H and O–H groups in total. The zero-order chi connectivity index (χ0) is 11.1. The first-order chi connectivity index (χ1) is 7.24. The molecule has 0 saturated heterocycles. The maximum atomic E-state index is 11.0. The number of nitrogens with two attached hydrogens (primary N) is 1. The largest absolute Gasteiger partial charge is 0.351 e. The molecule has 0 saturated carbocycles. The van der Waals surface area contributed by atoms with Crippen molar-refractivity contribution in [1.29, 1.82) is 5.26 Å². The van der Waals surface area contributed by atoms with Crippen molar-refractivity contribution in [3.63, 3.8) is 0 Å². The molecule has 0 spiro atoms. The molecule has 78 valence electrons. The van der Waals surface area contributed by atoms with Crippen LogP contribution >= 0.6 is 0 Å². The Labute approximate surface area is 88.9 Å². The van der Waals surface area contributed by atoms with E-state index in [2.05, 4.69) is 0 Å². The van der Waals surface area contributed by atoms with Crippen molar-refractivity contribution >= 4 is 6.03 Å². The van der Waals surface area contributed by atoms with Crippen LogP contribution in [0.4, 0.5) is 4.79 Å². The Bertz CT molecular complexity index is 356. The molecule has 1 aromatic rings. The highest BCUT2D eigenvalue weighted by Crippen LogP contribution is 2.04. The number of carbonyl (C=O) groups excluding carboxylic acids is 1. The summed E-state index contributed by atoms with van der Waals surface area (Å²) in [7, 11) is 0. The maximum absolute atomic E-state index is 11.0. The molecule has 1 aromatic carbocycles. The number of nitrogens with zero attached hydrogens (tertiary/aromatic N) is 2. The van der Waals surface area contributed by atoms with E-state index in [0.717, 1.165) is 5.56 Å². The van der Waals surface area contributed by atoms with Gasteiger partial charge >= 0.3 is 6.03 Å². The monoisotopic (exact) mass is 203 g/mol. The number of hydrogen-bond donors (Lipinski definition) is 1. The first kappa shape index (κ1) is 11.1. The Morgan fingerprint density at radius 3 is 2.60 bits per heavy atom. The van der Waals surface area contributed by atoms with E-state index in [1.807, 2.05) is 36.4 Å². The predicted octanol–water partition coefficient (Wildman–Crippen LogP) is 1.48. The van der Waals surface area contributed by atoms with Crippen molar-refractivity contribution < 1.29 is 4.79 Å². The van der Waals surface area contributed by atoms with Crippen LogP contribution in [0.1, 0.15) is 12.0 Å². The number of carbonyl (C=O) groups is 1. The summed E-state index contributed by atoms with van der Waals surface area (Å²) < 4.78 is 0. The summed E-state index contributed by atoms with van der Waals surface area (Å²) in [5.74, 6) is 0. The van der Waals surface area contributed by atoms with Gasteiger partial charge in [-0.1, -0.05) is 30.3 Å². The Balaban J connectivity index is 2.60. The van der Waals surface area contributed by atoms with Crippen molar-refractivity contribution in [2.45, 2.75) is 13.0 Å². The molecule has 0 heterocycles. The van der Waals surface area contributed by atoms with Crippen LogP contribution in [0.5, 0.6) is 0 Å². The lowest BCUT2D eigenvalue weighted by Crippen LogP contribution is -2.35. The summed E-state index contributed by atoms with van der Waals surface area (Å²) in [6, 6.07) is 11.0. The second kappa shape index (κ2) is 5.66. The van der Waals surface area contributed by atoms with Gasteiger partial charge in [0.25, 0.3) is 0 Å². The normalized spacial score (nSPS) is 9.27. The van der Waals surface area contributed by atoms with Crippen molar-refractivity contribution in [3.05, 3.63) is 35.9 Å². The molecule has 4 nitrogen and oxygen atoms in total. The van der Waals surface area contributed by atoms with Gasteiger partial charge in [0.05, 0.1) is 12.5 Å². The Morgan fingerprint density at radius 1 is 1.40 bits per heavy atom. The number of nitriles is 1. The van der Waals surface area contributed by atoms with E-state index in [4.69, 9.17) is 11.0 Å². The number of benzene rings is 1. The fourth-order valence-electron chi connectivity index (χ4n) is 1.26. The molecule has 0 fully saturated rings. The first-order valence-electron chi connectivity index (χ1n) is 4.69. The third-order valence-electron chi connectivity index (χ3n) is 2.02. The van der Waals surface area contributed by atoms with Gasteiger partial charge in [-0.05, 0) is 5.56 Å². The molecular formula is C11H13N3O. The second-order valence-corrected chi connectivity index (χ2v) is 3.15. The minimum atomic E-state index is -0.492. The fourth-order valence-corrected chi connectivity index (χ4v) is 1.26. The van der Waals surface area contributed by atoms with Gasteiger partial charge in [-0.3, -0.25) is 0 Å². The third kappa shape index (κ3) is 3.69. The van der Waals surface area contributed by atoms with Crippen molar-refractivity contribution in [3.8, 4) is 6.07 Å². The van der Waals surface area contributed by atoms with Crippen LogP contribution in [-0.4, -0.2) is 17.5 Å². The predicted molar refractivity (Wildman–Crippen MR) is 56.7 cm³/mol. The molecule has 0 aromatic heterocycles. The molecule has 2 amide bonds. The highest BCUT2D eigenvalue weighted by Gasteiger charge is 2.08. The van der Waals surface area contributed by atoms with E-state index >= 15 is 0 Å². The fraction of sp³-hybridized carbons (Fsp3) is 0.273. The number of urea groups is 1. The molecule has 0 aliphatic rings. The average molecular weight is 203 g/mol. The van der Waals surface area contributed by atoms with Gasteiger partial charge in [-0.15, -0.1) is 0 Å². The van der Waals surface area contributed by atoms with E-state index in [1.165, 1.54) is 4.90 Å². The number of primary amides is 1. The standard InChI is InChI=1S/C11H13N3O/c12-7-4-8-14(11(13)15)9-10-5-2-1-3-6-10/h1-3,5-6H,4,8-9H2,(H2,13,15). The summed E-state index contributed by atoms with van der Waals surface area (Å²) in [4.78, 5) is 12.5. The van der Waals surface area contributed by atoms with Gasteiger partial charge < -0.3 is 10.6 Å². The Hall–Kier alpha value is -2.02. The molecular weight excluding hydrogens is 190 g/mol. The molecule has 1 rings (SSSR count). The first-order valence-corrected chi connectivity index (χ1v) is 4.69. The third-order valence-corrected chi connectivity index (χ3v) is 2.02. The van der Waals surface area contributed by atoms with Gasteiger partial charge in [0.2, 0.25) is 0 Å². The van der Waals surface area contributed by atoms with Crippen LogP contribution in [-0.2, 0) is 6.54 Å². The summed E-state index contributed by atoms with van der Waals surface area (Å²) >= 11 is 0. The SMILES string of the molecule is N#CCCN(Cc1ccccc1)C(N)=O. The minimum Gasteiger partial charge on any atom is -0.351 e. The Kier molecular flexibility index (Phi) is 4.17. The van der Waals surface area contributed by atoms with Gasteiger partial charge in [0.1, 0.15) is 0 Å². The highest BCUT2D eigenvalue weighted by atomic mass is 16.2. The molecule has 0 atom stereocenters. The smallest absolute Gasteiger partial charge is 0.315 e. The molecule has 0 aliphatic carbocycles. The lowest BCUT2D eigenvalue weighted by atomic mass is 10.2. The minimum absolute atomic E-state index is 0.301. The van der Waals surface area contributed by atoms with Crippen molar-refractivity contribution in [2.24, 2.45) is 5.73 Å². The number of hydrogen-bond acceptors (Lipinski definition) is 2. The molecule has 0 unspecified atom stereocenters. The summed E-state index contributed by atoms with van der Waals surface area (Å²) in [6.07, 6.45) is 0.301. The number of amides is 2. The quantitative estimate of drug-likeness (QED) is 0.805. The summed E-state index contributed by atoms with van der Waals surface area (Å²) in [5.41, 5.74) is 6.21. The topological polar surface area (TPSA) is 70.1 Å². The molecule has 0 radical (unpaired) electrons. The lowest BCUT2D eigenvalue weighted by molar-refractivity contribution is 0.206. The zero-order valence-electron chi connectivity index (χ0n) is 8.39. The van der Waals surface area contributed by atoms with Crippen LogP contribution < -0.4 is 5.73 Å². The molecule has 4 heteroatoms. The Morgan fingerprint density at radius 2 is 2.07 bits per heavy atom. The lowest BCUT2D eigenvalue weighted by Gasteiger charge is -2.18.